The SMILES string of the molecule is c1ccc2c(-c3ccc(-n4c5ccccc5c5cc6c7c8ccccc8ccc7n(-c7ccc8oc9ccccc9c8c7)c6cc54)cc3)cccc2c1. The van der Waals surface area contributed by atoms with Gasteiger partial charge in [0.1, 0.15) is 11.2 Å². The summed E-state index contributed by atoms with van der Waals surface area (Å²) in [6.07, 6.45) is 0. The van der Waals surface area contributed by atoms with Crippen LogP contribution in [0.3, 0.4) is 0 Å². The van der Waals surface area contributed by atoms with Gasteiger partial charge >= 0.3 is 0 Å². The van der Waals surface area contributed by atoms with Crippen molar-refractivity contribution in [1.82, 2.24) is 9.13 Å². The van der Waals surface area contributed by atoms with Gasteiger partial charge in [-0.1, -0.05) is 121 Å². The first-order valence-corrected chi connectivity index (χ1v) is 18.2. The van der Waals surface area contributed by atoms with Crippen molar-refractivity contribution in [3.05, 3.63) is 182 Å². The predicted molar refractivity (Wildman–Crippen MR) is 223 cm³/mol. The Hall–Kier alpha value is -7.10. The van der Waals surface area contributed by atoms with E-state index >= 15 is 0 Å². The molecule has 246 valence electrons. The van der Waals surface area contributed by atoms with Gasteiger partial charge in [-0.3, -0.25) is 0 Å². The summed E-state index contributed by atoms with van der Waals surface area (Å²) < 4.78 is 11.1. The minimum atomic E-state index is 0.899. The zero-order valence-corrected chi connectivity index (χ0v) is 28.6. The van der Waals surface area contributed by atoms with E-state index in [1.807, 2.05) is 12.1 Å². The van der Waals surface area contributed by atoms with E-state index in [9.17, 15) is 0 Å². The third-order valence-electron chi connectivity index (χ3n) is 11.3. The van der Waals surface area contributed by atoms with Crippen molar-refractivity contribution in [1.29, 1.82) is 0 Å². The molecule has 0 aliphatic rings. The van der Waals surface area contributed by atoms with Gasteiger partial charge in [-0.05, 0) is 93.3 Å². The Labute approximate surface area is 304 Å². The maximum Gasteiger partial charge on any atom is 0.135 e. The Morgan fingerprint density at radius 2 is 0.962 bits per heavy atom. The lowest BCUT2D eigenvalue weighted by Crippen LogP contribution is -1.96. The van der Waals surface area contributed by atoms with Gasteiger partial charge in [0.15, 0.2) is 0 Å². The van der Waals surface area contributed by atoms with Crippen LogP contribution in [0.5, 0.6) is 0 Å². The second-order valence-electron chi connectivity index (χ2n) is 14.1. The molecule has 0 saturated heterocycles. The van der Waals surface area contributed by atoms with Crippen LogP contribution < -0.4 is 0 Å². The van der Waals surface area contributed by atoms with Gasteiger partial charge in [0.2, 0.25) is 0 Å². The molecule has 0 radical (unpaired) electrons. The highest BCUT2D eigenvalue weighted by Gasteiger charge is 2.20. The van der Waals surface area contributed by atoms with E-state index in [-0.39, 0.29) is 0 Å². The molecule has 12 aromatic rings. The predicted octanol–water partition coefficient (Wildman–Crippen LogP) is 13.8. The van der Waals surface area contributed by atoms with E-state index in [0.29, 0.717) is 0 Å². The van der Waals surface area contributed by atoms with Gasteiger partial charge in [0, 0.05) is 43.7 Å². The van der Waals surface area contributed by atoms with Crippen molar-refractivity contribution >= 4 is 87.1 Å². The molecule has 0 atom stereocenters. The van der Waals surface area contributed by atoms with Crippen molar-refractivity contribution in [3.63, 3.8) is 0 Å². The first-order valence-electron chi connectivity index (χ1n) is 18.2. The molecule has 0 spiro atoms. The van der Waals surface area contributed by atoms with Crippen molar-refractivity contribution in [3.8, 4) is 22.5 Å². The first kappa shape index (κ1) is 28.6. The molecule has 3 heteroatoms. The molecule has 9 aromatic carbocycles. The van der Waals surface area contributed by atoms with E-state index in [1.54, 1.807) is 0 Å². The summed E-state index contributed by atoms with van der Waals surface area (Å²) in [4.78, 5) is 0. The van der Waals surface area contributed by atoms with Crippen LogP contribution in [0.2, 0.25) is 0 Å². The number of nitrogens with zero attached hydrogens (tertiary/aromatic N) is 2. The van der Waals surface area contributed by atoms with Gasteiger partial charge in [-0.15, -0.1) is 0 Å². The number of hydrogen-bond acceptors (Lipinski definition) is 1. The molecule has 3 aromatic heterocycles. The second-order valence-corrected chi connectivity index (χ2v) is 14.1. The van der Waals surface area contributed by atoms with Gasteiger partial charge in [-0.2, -0.15) is 0 Å². The molecular formula is C50H30N2O. The van der Waals surface area contributed by atoms with E-state index in [2.05, 4.69) is 179 Å². The molecule has 53 heavy (non-hydrogen) atoms. The third-order valence-corrected chi connectivity index (χ3v) is 11.3. The van der Waals surface area contributed by atoms with Crippen LogP contribution in [0.25, 0.3) is 110 Å². The summed E-state index contributed by atoms with van der Waals surface area (Å²) in [6, 6.07) is 66.2. The van der Waals surface area contributed by atoms with Gasteiger partial charge < -0.3 is 13.6 Å². The van der Waals surface area contributed by atoms with Crippen LogP contribution in [0.4, 0.5) is 0 Å². The van der Waals surface area contributed by atoms with Crippen LogP contribution in [-0.2, 0) is 0 Å². The minimum absolute atomic E-state index is 0.899. The Kier molecular flexibility index (Phi) is 5.77. The average Bonchev–Trinajstić information content (AvgIpc) is 3.87. The molecule has 0 bridgehead atoms. The van der Waals surface area contributed by atoms with Gasteiger partial charge in [0.05, 0.1) is 22.1 Å². The molecular weight excluding hydrogens is 645 g/mol. The zero-order chi connectivity index (χ0) is 34.6. The van der Waals surface area contributed by atoms with Crippen LogP contribution >= 0.6 is 0 Å². The van der Waals surface area contributed by atoms with Crippen LogP contribution in [0, 0.1) is 0 Å². The minimum Gasteiger partial charge on any atom is -0.456 e. The monoisotopic (exact) mass is 674 g/mol. The second kappa shape index (κ2) is 10.7. The number of rotatable bonds is 3. The number of furan rings is 1. The fourth-order valence-corrected chi connectivity index (χ4v) is 8.93. The van der Waals surface area contributed by atoms with Crippen LogP contribution in [-0.4, -0.2) is 9.13 Å². The summed E-state index contributed by atoms with van der Waals surface area (Å²) in [5.41, 5.74) is 11.3. The average molecular weight is 675 g/mol. The number of hydrogen-bond donors (Lipinski definition) is 0. The zero-order valence-electron chi connectivity index (χ0n) is 28.6. The molecule has 0 aliphatic carbocycles. The third kappa shape index (κ3) is 4.05. The smallest absolute Gasteiger partial charge is 0.135 e. The van der Waals surface area contributed by atoms with Crippen LogP contribution in [0.15, 0.2) is 186 Å². The topological polar surface area (TPSA) is 23.0 Å². The maximum absolute atomic E-state index is 6.26. The molecule has 12 rings (SSSR count). The fraction of sp³-hybridized carbons (Fsp3) is 0. The highest BCUT2D eigenvalue weighted by molar-refractivity contribution is 6.25. The Balaban J connectivity index is 1.16. The lowest BCUT2D eigenvalue weighted by molar-refractivity contribution is 0.669. The molecule has 3 nitrogen and oxygen atoms in total. The summed E-state index contributed by atoms with van der Waals surface area (Å²) in [5, 5.41) is 12.3. The number of aromatic nitrogens is 2. The summed E-state index contributed by atoms with van der Waals surface area (Å²) in [6.45, 7) is 0. The van der Waals surface area contributed by atoms with E-state index < -0.39 is 0 Å². The molecule has 0 N–H and O–H groups in total. The molecule has 3 heterocycles. The lowest BCUT2D eigenvalue weighted by atomic mass is 9.98. The van der Waals surface area contributed by atoms with Crippen molar-refractivity contribution < 1.29 is 4.42 Å². The molecule has 0 amide bonds. The highest BCUT2D eigenvalue weighted by atomic mass is 16.3. The normalized spacial score (nSPS) is 12.2. The molecule has 0 saturated carbocycles. The van der Waals surface area contributed by atoms with Crippen molar-refractivity contribution in [2.75, 3.05) is 0 Å². The quantitative estimate of drug-likeness (QED) is 0.183. The number of fused-ring (bicyclic) bond motifs is 12. The Morgan fingerprint density at radius 1 is 0.321 bits per heavy atom. The molecule has 0 aliphatic heterocycles. The van der Waals surface area contributed by atoms with Crippen LogP contribution in [0.1, 0.15) is 0 Å². The van der Waals surface area contributed by atoms with E-state index in [4.69, 9.17) is 4.42 Å². The summed E-state index contributed by atoms with van der Waals surface area (Å²) >= 11 is 0. The largest absolute Gasteiger partial charge is 0.456 e. The molecule has 0 fully saturated rings. The standard InChI is InChI=1S/C50H30N2O/c1-3-13-36-31(10-1)12-9-17-37(36)33-20-23-34(24-21-33)51-44-18-7-5-15-39(44)41-29-43-47(30-46(41)51)52(45-26-22-32-11-2-4-14-38(32)50(43)45)35-25-27-49-42(28-35)40-16-6-8-19-48(40)53-49/h1-30H. The Bertz CT molecular complexity index is 3440. The Morgan fingerprint density at radius 3 is 1.83 bits per heavy atom. The van der Waals surface area contributed by atoms with Crippen molar-refractivity contribution in [2.24, 2.45) is 0 Å². The van der Waals surface area contributed by atoms with Gasteiger partial charge in [-0.25, -0.2) is 0 Å². The lowest BCUT2D eigenvalue weighted by Gasteiger charge is -2.12. The van der Waals surface area contributed by atoms with Gasteiger partial charge in [0.25, 0.3) is 0 Å². The fourth-order valence-electron chi connectivity index (χ4n) is 8.93. The van der Waals surface area contributed by atoms with Crippen molar-refractivity contribution in [2.45, 2.75) is 0 Å². The first-order chi connectivity index (χ1) is 26.3. The summed E-state index contributed by atoms with van der Waals surface area (Å²) in [5.74, 6) is 0. The number of benzene rings is 9. The van der Waals surface area contributed by atoms with E-state index in [0.717, 1.165) is 33.3 Å². The molecule has 0 unspecified atom stereocenters. The summed E-state index contributed by atoms with van der Waals surface area (Å²) in [7, 11) is 0. The highest BCUT2D eigenvalue weighted by Crippen LogP contribution is 2.43. The van der Waals surface area contributed by atoms with E-state index in [1.165, 1.54) is 76.3 Å². The maximum atomic E-state index is 6.26. The number of para-hydroxylation sites is 2.